The molecule has 0 spiro atoms. The van der Waals surface area contributed by atoms with Crippen LogP contribution in [0.5, 0.6) is 0 Å². The van der Waals surface area contributed by atoms with Crippen LogP contribution in [0.4, 0.5) is 0 Å². The van der Waals surface area contributed by atoms with E-state index in [1.807, 2.05) is 14.0 Å². The van der Waals surface area contributed by atoms with Crippen molar-refractivity contribution < 1.29 is 4.79 Å². The molecule has 1 aliphatic rings. The van der Waals surface area contributed by atoms with Crippen molar-refractivity contribution in [2.75, 3.05) is 0 Å². The van der Waals surface area contributed by atoms with E-state index in [0.717, 1.165) is 36.8 Å². The van der Waals surface area contributed by atoms with Crippen molar-refractivity contribution in [3.63, 3.8) is 0 Å². The monoisotopic (exact) mass is 212 g/mol. The molecule has 1 fully saturated rings. The topological polar surface area (TPSA) is 34.9 Å². The van der Waals surface area contributed by atoms with Crippen molar-refractivity contribution in [3.8, 4) is 0 Å². The Balaban J connectivity index is 2.28. The molecule has 76 valence electrons. The van der Waals surface area contributed by atoms with Crippen LogP contribution in [0.2, 0.25) is 5.15 Å². The lowest BCUT2D eigenvalue weighted by atomic mass is 9.99. The van der Waals surface area contributed by atoms with Crippen LogP contribution < -0.4 is 0 Å². The van der Waals surface area contributed by atoms with Crippen LogP contribution in [0.3, 0.4) is 0 Å². The molecule has 2 rings (SSSR count). The van der Waals surface area contributed by atoms with Crippen molar-refractivity contribution in [2.45, 2.75) is 26.2 Å². The summed E-state index contributed by atoms with van der Waals surface area (Å²) in [6.45, 7) is 1.93. The first-order chi connectivity index (χ1) is 6.58. The second-order valence-electron chi connectivity index (χ2n) is 4.14. The number of carbonyl (C=O) groups excluding carboxylic acids is 1. The highest BCUT2D eigenvalue weighted by atomic mass is 35.5. The summed E-state index contributed by atoms with van der Waals surface area (Å²) in [7, 11) is 1.82. The third kappa shape index (κ3) is 1.46. The van der Waals surface area contributed by atoms with Crippen molar-refractivity contribution in [3.05, 3.63) is 16.4 Å². The number of aromatic nitrogens is 2. The molecule has 0 aliphatic heterocycles. The molecular weight excluding hydrogens is 200 g/mol. The highest BCUT2D eigenvalue weighted by Crippen LogP contribution is 2.47. The van der Waals surface area contributed by atoms with Gasteiger partial charge in [0.2, 0.25) is 0 Å². The molecule has 0 N–H and O–H groups in total. The molecule has 1 aromatic heterocycles. The molecule has 14 heavy (non-hydrogen) atoms. The number of aryl methyl sites for hydroxylation is 2. The fourth-order valence-electron chi connectivity index (χ4n) is 1.72. The summed E-state index contributed by atoms with van der Waals surface area (Å²) in [4.78, 5) is 10.9. The van der Waals surface area contributed by atoms with E-state index in [1.54, 1.807) is 4.68 Å². The Labute approximate surface area is 88.1 Å². The maximum atomic E-state index is 10.9. The number of aldehydes is 1. The minimum absolute atomic E-state index is 0.128. The summed E-state index contributed by atoms with van der Waals surface area (Å²) < 4.78 is 1.66. The summed E-state index contributed by atoms with van der Waals surface area (Å²) in [6, 6.07) is 0. The fourth-order valence-corrected chi connectivity index (χ4v) is 1.96. The van der Waals surface area contributed by atoms with Crippen molar-refractivity contribution in [1.29, 1.82) is 0 Å². The van der Waals surface area contributed by atoms with Gasteiger partial charge in [0.05, 0.1) is 5.69 Å². The zero-order valence-corrected chi connectivity index (χ0v) is 9.14. The molecular formula is C10H13ClN2O. The maximum absolute atomic E-state index is 10.9. The molecule has 4 heteroatoms. The summed E-state index contributed by atoms with van der Waals surface area (Å²) in [5.74, 6) is 0. The van der Waals surface area contributed by atoms with E-state index in [4.69, 9.17) is 11.6 Å². The first-order valence-electron chi connectivity index (χ1n) is 4.72. The van der Waals surface area contributed by atoms with E-state index in [2.05, 4.69) is 5.10 Å². The number of hydrogen-bond acceptors (Lipinski definition) is 2. The van der Waals surface area contributed by atoms with Gasteiger partial charge < -0.3 is 4.79 Å². The number of halogens is 1. The number of nitrogens with zero attached hydrogens (tertiary/aromatic N) is 2. The summed E-state index contributed by atoms with van der Waals surface area (Å²) in [5, 5.41) is 4.89. The Kier molecular flexibility index (Phi) is 2.14. The SMILES string of the molecule is Cc1nn(C)c(Cl)c1CC1(C=O)CC1. The summed E-state index contributed by atoms with van der Waals surface area (Å²) in [5.41, 5.74) is 1.83. The molecule has 3 nitrogen and oxygen atoms in total. The van der Waals surface area contributed by atoms with Gasteiger partial charge in [-0.1, -0.05) is 11.6 Å². The Hall–Kier alpha value is -0.830. The second kappa shape index (κ2) is 3.09. The van der Waals surface area contributed by atoms with Gasteiger partial charge in [-0.2, -0.15) is 5.10 Å². The Bertz CT molecular complexity index is 380. The zero-order valence-electron chi connectivity index (χ0n) is 8.38. The van der Waals surface area contributed by atoms with E-state index >= 15 is 0 Å². The van der Waals surface area contributed by atoms with E-state index in [9.17, 15) is 4.79 Å². The van der Waals surface area contributed by atoms with Crippen molar-refractivity contribution in [2.24, 2.45) is 12.5 Å². The molecule has 1 saturated carbocycles. The van der Waals surface area contributed by atoms with Gasteiger partial charge in [0.25, 0.3) is 0 Å². The van der Waals surface area contributed by atoms with E-state index in [0.29, 0.717) is 5.15 Å². The Morgan fingerprint density at radius 3 is 2.64 bits per heavy atom. The Morgan fingerprint density at radius 1 is 1.64 bits per heavy atom. The first-order valence-corrected chi connectivity index (χ1v) is 5.10. The van der Waals surface area contributed by atoms with Gasteiger partial charge in [0.15, 0.2) is 0 Å². The second-order valence-corrected chi connectivity index (χ2v) is 4.49. The molecule has 0 radical (unpaired) electrons. The predicted octanol–water partition coefficient (Wildman–Crippen LogP) is 1.90. The first kappa shape index (κ1) is 9.71. The largest absolute Gasteiger partial charge is 0.303 e. The van der Waals surface area contributed by atoms with E-state index in [-0.39, 0.29) is 5.41 Å². The van der Waals surface area contributed by atoms with Crippen molar-refractivity contribution in [1.82, 2.24) is 9.78 Å². The molecule has 0 unspecified atom stereocenters. The molecule has 0 aromatic carbocycles. The van der Waals surface area contributed by atoms with Gasteiger partial charge in [-0.25, -0.2) is 0 Å². The van der Waals surface area contributed by atoms with Crippen LogP contribution in [-0.4, -0.2) is 16.1 Å². The average molecular weight is 213 g/mol. The van der Waals surface area contributed by atoms with Gasteiger partial charge in [-0.15, -0.1) is 0 Å². The highest BCUT2D eigenvalue weighted by molar-refractivity contribution is 6.30. The standard InChI is InChI=1S/C10H13ClN2O/c1-7-8(9(11)13(2)12-7)5-10(6-14)3-4-10/h6H,3-5H2,1-2H3. The van der Waals surface area contributed by atoms with Crippen LogP contribution in [0, 0.1) is 12.3 Å². The third-order valence-corrected chi connectivity index (χ3v) is 3.41. The molecule has 1 heterocycles. The number of rotatable bonds is 3. The van der Waals surface area contributed by atoms with Gasteiger partial charge in [0.1, 0.15) is 11.4 Å². The van der Waals surface area contributed by atoms with E-state index in [1.165, 1.54) is 0 Å². The number of carbonyl (C=O) groups is 1. The van der Waals surface area contributed by atoms with E-state index < -0.39 is 0 Å². The van der Waals surface area contributed by atoms with Crippen LogP contribution in [0.15, 0.2) is 0 Å². The van der Waals surface area contributed by atoms with Crippen LogP contribution >= 0.6 is 11.6 Å². The molecule has 1 aliphatic carbocycles. The van der Waals surface area contributed by atoms with Gasteiger partial charge in [-0.3, -0.25) is 4.68 Å². The third-order valence-electron chi connectivity index (χ3n) is 2.94. The predicted molar refractivity (Wildman–Crippen MR) is 54.4 cm³/mol. The normalized spacial score (nSPS) is 18.2. The molecule has 1 aromatic rings. The van der Waals surface area contributed by atoms with Crippen molar-refractivity contribution >= 4 is 17.9 Å². The fraction of sp³-hybridized carbons (Fsp3) is 0.600. The lowest BCUT2D eigenvalue weighted by molar-refractivity contribution is -0.112. The lowest BCUT2D eigenvalue weighted by Crippen LogP contribution is -2.07. The Morgan fingerprint density at radius 2 is 2.29 bits per heavy atom. The molecule has 0 amide bonds. The minimum Gasteiger partial charge on any atom is -0.303 e. The number of hydrogen-bond donors (Lipinski definition) is 0. The molecule has 0 bridgehead atoms. The average Bonchev–Trinajstić information content (AvgIpc) is 2.88. The molecule has 0 atom stereocenters. The van der Waals surface area contributed by atoms with Gasteiger partial charge in [-0.05, 0) is 26.2 Å². The maximum Gasteiger partial charge on any atom is 0.130 e. The summed E-state index contributed by atoms with van der Waals surface area (Å²) >= 11 is 6.09. The van der Waals surface area contributed by atoms with Gasteiger partial charge >= 0.3 is 0 Å². The lowest BCUT2D eigenvalue weighted by Gasteiger charge is -2.05. The van der Waals surface area contributed by atoms with Crippen LogP contribution in [0.25, 0.3) is 0 Å². The zero-order chi connectivity index (χ0) is 10.3. The smallest absolute Gasteiger partial charge is 0.130 e. The highest BCUT2D eigenvalue weighted by Gasteiger charge is 2.43. The quantitative estimate of drug-likeness (QED) is 0.718. The van der Waals surface area contributed by atoms with Gasteiger partial charge in [0, 0.05) is 18.0 Å². The molecule has 0 saturated heterocycles. The van der Waals surface area contributed by atoms with Crippen LogP contribution in [-0.2, 0) is 18.3 Å². The summed E-state index contributed by atoms with van der Waals surface area (Å²) in [6.07, 6.45) is 3.78. The van der Waals surface area contributed by atoms with Crippen LogP contribution in [0.1, 0.15) is 24.1 Å². The minimum atomic E-state index is -0.128.